The van der Waals surface area contributed by atoms with Gasteiger partial charge in [0, 0.05) is 17.7 Å². The first kappa shape index (κ1) is 19.1. The number of hydrazine groups is 1. The molecule has 2 rings (SSSR count). The van der Waals surface area contributed by atoms with Crippen LogP contribution in [0.5, 0.6) is 0 Å². The highest BCUT2D eigenvalue weighted by atomic mass is 16.6. The standard InChI is InChI=1S/C16H12N4O7/c21-15(10-4-2-1-3-5-10)9-13(16(22)23)18-17-12-7-6-11(19(24)25)8-14(12)20(26)27/h1-9,17-18H,(H,22,23)/b13-9-. The number of hydrogen-bond acceptors (Lipinski definition) is 8. The highest BCUT2D eigenvalue weighted by Crippen LogP contribution is 2.28. The second-order valence-corrected chi connectivity index (χ2v) is 5.06. The lowest BCUT2D eigenvalue weighted by atomic mass is 10.1. The van der Waals surface area contributed by atoms with Gasteiger partial charge in [-0.05, 0) is 6.07 Å². The Morgan fingerprint density at radius 1 is 1.00 bits per heavy atom. The quantitative estimate of drug-likeness (QED) is 0.273. The monoisotopic (exact) mass is 372 g/mol. The van der Waals surface area contributed by atoms with Gasteiger partial charge in [0.25, 0.3) is 5.69 Å². The number of nitrogens with zero attached hydrogens (tertiary/aromatic N) is 2. The Morgan fingerprint density at radius 2 is 1.67 bits per heavy atom. The summed E-state index contributed by atoms with van der Waals surface area (Å²) in [5.41, 5.74) is 2.80. The number of ketones is 1. The average molecular weight is 372 g/mol. The van der Waals surface area contributed by atoms with Gasteiger partial charge in [0.2, 0.25) is 0 Å². The number of aliphatic carboxylic acids is 1. The first-order valence-electron chi connectivity index (χ1n) is 7.29. The van der Waals surface area contributed by atoms with Crippen molar-refractivity contribution >= 4 is 28.8 Å². The van der Waals surface area contributed by atoms with Crippen molar-refractivity contribution in [1.29, 1.82) is 0 Å². The van der Waals surface area contributed by atoms with E-state index in [2.05, 4.69) is 10.9 Å². The number of carbonyl (C=O) groups is 2. The molecule has 27 heavy (non-hydrogen) atoms. The van der Waals surface area contributed by atoms with E-state index in [9.17, 15) is 34.9 Å². The Labute approximate surface area is 151 Å². The summed E-state index contributed by atoms with van der Waals surface area (Å²) in [6.45, 7) is 0. The minimum atomic E-state index is -1.49. The molecule has 11 nitrogen and oxygen atoms in total. The Hall–Kier alpha value is -4.28. The fraction of sp³-hybridized carbons (Fsp3) is 0. The molecule has 138 valence electrons. The molecule has 11 heteroatoms. The second kappa shape index (κ2) is 8.20. The fourth-order valence-corrected chi connectivity index (χ4v) is 1.99. The number of rotatable bonds is 8. The number of non-ortho nitro benzene ring substituents is 1. The van der Waals surface area contributed by atoms with Crippen molar-refractivity contribution in [3.05, 3.63) is 86.1 Å². The Morgan fingerprint density at radius 3 is 2.22 bits per heavy atom. The summed E-state index contributed by atoms with van der Waals surface area (Å²) < 4.78 is 0. The minimum Gasteiger partial charge on any atom is -0.477 e. The van der Waals surface area contributed by atoms with Crippen molar-refractivity contribution < 1.29 is 24.5 Å². The largest absolute Gasteiger partial charge is 0.477 e. The normalized spacial score (nSPS) is 10.7. The summed E-state index contributed by atoms with van der Waals surface area (Å²) in [5, 5.41) is 31.0. The highest BCUT2D eigenvalue weighted by Gasteiger charge is 2.20. The number of nitrogens with one attached hydrogen (secondary N) is 2. The molecule has 2 aromatic rings. The van der Waals surface area contributed by atoms with E-state index >= 15 is 0 Å². The summed E-state index contributed by atoms with van der Waals surface area (Å²) in [5.74, 6) is -2.09. The first-order chi connectivity index (χ1) is 12.8. The van der Waals surface area contributed by atoms with Crippen molar-refractivity contribution in [3.63, 3.8) is 0 Å². The zero-order chi connectivity index (χ0) is 20.0. The van der Waals surface area contributed by atoms with Crippen LogP contribution in [0, 0.1) is 20.2 Å². The summed E-state index contributed by atoms with van der Waals surface area (Å²) in [6, 6.07) is 10.7. The molecule has 2 aromatic carbocycles. The van der Waals surface area contributed by atoms with Crippen LogP contribution in [0.3, 0.4) is 0 Å². The third-order valence-corrected chi connectivity index (χ3v) is 3.28. The van der Waals surface area contributed by atoms with Crippen LogP contribution in [0.15, 0.2) is 60.3 Å². The van der Waals surface area contributed by atoms with Gasteiger partial charge in [0.1, 0.15) is 11.4 Å². The SMILES string of the molecule is O=C(O)/C(=C/C(=O)c1ccccc1)NNc1ccc([N+](=O)[O-])cc1[N+](=O)[O-]. The predicted octanol–water partition coefficient (Wildman–Crippen LogP) is 2.27. The Bertz CT molecular complexity index is 941. The molecule has 0 amide bonds. The number of allylic oxidation sites excluding steroid dienone is 1. The third kappa shape index (κ3) is 4.85. The second-order valence-electron chi connectivity index (χ2n) is 5.06. The number of nitro groups is 2. The minimum absolute atomic E-state index is 0.218. The van der Waals surface area contributed by atoms with Gasteiger partial charge in [-0.2, -0.15) is 0 Å². The smallest absolute Gasteiger partial charge is 0.353 e. The Kier molecular flexibility index (Phi) is 5.79. The van der Waals surface area contributed by atoms with E-state index in [1.807, 2.05) is 0 Å². The topological polar surface area (TPSA) is 165 Å². The molecule has 0 aliphatic rings. The van der Waals surface area contributed by atoms with Crippen molar-refractivity contribution in [2.24, 2.45) is 0 Å². The molecule has 0 unspecified atom stereocenters. The molecule has 0 radical (unpaired) electrons. The zero-order valence-electron chi connectivity index (χ0n) is 13.5. The van der Waals surface area contributed by atoms with Crippen molar-refractivity contribution in [2.45, 2.75) is 0 Å². The Balaban J connectivity index is 2.25. The van der Waals surface area contributed by atoms with E-state index < -0.39 is 38.7 Å². The molecular formula is C16H12N4O7. The van der Waals surface area contributed by atoms with Crippen LogP contribution in [-0.2, 0) is 4.79 Å². The van der Waals surface area contributed by atoms with Crippen LogP contribution < -0.4 is 10.9 Å². The van der Waals surface area contributed by atoms with Crippen LogP contribution in [-0.4, -0.2) is 26.7 Å². The first-order valence-corrected chi connectivity index (χ1v) is 7.29. The molecule has 0 aliphatic heterocycles. The summed E-state index contributed by atoms with van der Waals surface area (Å²) in [7, 11) is 0. The molecule has 0 aromatic heterocycles. The summed E-state index contributed by atoms with van der Waals surface area (Å²) in [6.07, 6.45) is 0.807. The van der Waals surface area contributed by atoms with Crippen molar-refractivity contribution in [2.75, 3.05) is 5.43 Å². The maximum atomic E-state index is 12.1. The van der Waals surface area contributed by atoms with Crippen LogP contribution in [0.25, 0.3) is 0 Å². The molecule has 0 atom stereocenters. The highest BCUT2D eigenvalue weighted by molar-refractivity contribution is 6.08. The fourth-order valence-electron chi connectivity index (χ4n) is 1.99. The molecule has 0 aliphatic carbocycles. The third-order valence-electron chi connectivity index (χ3n) is 3.28. The van der Waals surface area contributed by atoms with Gasteiger partial charge >= 0.3 is 11.7 Å². The van der Waals surface area contributed by atoms with Crippen LogP contribution >= 0.6 is 0 Å². The van der Waals surface area contributed by atoms with E-state index in [0.29, 0.717) is 0 Å². The number of anilines is 1. The number of carbonyl (C=O) groups excluding carboxylic acids is 1. The van der Waals surface area contributed by atoms with E-state index in [0.717, 1.165) is 24.3 Å². The number of benzene rings is 2. The molecular weight excluding hydrogens is 360 g/mol. The number of hydrogen-bond donors (Lipinski definition) is 3. The van der Waals surface area contributed by atoms with Crippen LogP contribution in [0.2, 0.25) is 0 Å². The number of carboxylic acid groups (broad SMARTS) is 1. The maximum Gasteiger partial charge on any atom is 0.353 e. The lowest BCUT2D eigenvalue weighted by molar-refractivity contribution is -0.393. The molecule has 3 N–H and O–H groups in total. The molecule has 0 fully saturated rings. The van der Waals surface area contributed by atoms with Gasteiger partial charge in [-0.15, -0.1) is 0 Å². The van der Waals surface area contributed by atoms with Crippen molar-refractivity contribution in [3.8, 4) is 0 Å². The number of nitro benzene ring substituents is 2. The predicted molar refractivity (Wildman–Crippen MR) is 93.0 cm³/mol. The van der Waals surface area contributed by atoms with Gasteiger partial charge in [-0.25, -0.2) is 4.79 Å². The van der Waals surface area contributed by atoms with Gasteiger partial charge in [0.15, 0.2) is 5.78 Å². The van der Waals surface area contributed by atoms with Gasteiger partial charge in [-0.1, -0.05) is 30.3 Å². The molecule has 0 saturated carbocycles. The van der Waals surface area contributed by atoms with Crippen LogP contribution in [0.4, 0.5) is 17.1 Å². The van der Waals surface area contributed by atoms with E-state index in [-0.39, 0.29) is 11.3 Å². The molecule has 0 saturated heterocycles. The summed E-state index contributed by atoms with van der Waals surface area (Å²) >= 11 is 0. The number of carboxylic acids is 1. The molecule has 0 spiro atoms. The van der Waals surface area contributed by atoms with Gasteiger partial charge in [-0.3, -0.25) is 35.9 Å². The van der Waals surface area contributed by atoms with E-state index in [1.54, 1.807) is 18.2 Å². The van der Waals surface area contributed by atoms with E-state index in [4.69, 9.17) is 0 Å². The van der Waals surface area contributed by atoms with Crippen molar-refractivity contribution in [1.82, 2.24) is 5.43 Å². The van der Waals surface area contributed by atoms with Crippen LogP contribution in [0.1, 0.15) is 10.4 Å². The molecule has 0 heterocycles. The lowest BCUT2D eigenvalue weighted by Crippen LogP contribution is -2.27. The maximum absolute atomic E-state index is 12.1. The van der Waals surface area contributed by atoms with E-state index in [1.165, 1.54) is 12.1 Å². The van der Waals surface area contributed by atoms with Gasteiger partial charge in [0.05, 0.1) is 15.9 Å². The van der Waals surface area contributed by atoms with Gasteiger partial charge < -0.3 is 5.11 Å². The molecule has 0 bridgehead atoms. The summed E-state index contributed by atoms with van der Waals surface area (Å²) in [4.78, 5) is 43.5. The zero-order valence-corrected chi connectivity index (χ0v) is 13.5. The average Bonchev–Trinajstić information content (AvgIpc) is 2.65. The lowest BCUT2D eigenvalue weighted by Gasteiger charge is -2.10.